The Labute approximate surface area is 135 Å². The largest absolute Gasteiger partial charge is 0.481 e. The summed E-state index contributed by atoms with van der Waals surface area (Å²) >= 11 is 0. The molecule has 0 aliphatic carbocycles. The van der Waals surface area contributed by atoms with E-state index in [1.165, 1.54) is 0 Å². The van der Waals surface area contributed by atoms with Gasteiger partial charge in [-0.1, -0.05) is 25.7 Å². The van der Waals surface area contributed by atoms with E-state index in [9.17, 15) is 20.1 Å². The monoisotopic (exact) mass is 336 g/mol. The Morgan fingerprint density at radius 1 is 0.913 bits per heavy atom. The molecule has 0 bridgehead atoms. The number of aliphatic carboxylic acids is 1. The molecule has 0 amide bonds. The minimum atomic E-state index is -1.42. The van der Waals surface area contributed by atoms with Crippen molar-refractivity contribution in [3.05, 3.63) is 0 Å². The third kappa shape index (κ3) is 7.11. The molecule has 0 saturated carbocycles. The van der Waals surface area contributed by atoms with Gasteiger partial charge in [-0.2, -0.15) is 0 Å². The predicted octanol–water partition coefficient (Wildman–Crippen LogP) is -0.382. The van der Waals surface area contributed by atoms with Gasteiger partial charge >= 0.3 is 5.97 Å². The van der Waals surface area contributed by atoms with Crippen LogP contribution in [0.2, 0.25) is 0 Å². The fraction of sp³-hybridized carbons (Fsp3) is 0.933. The Morgan fingerprint density at radius 2 is 1.52 bits per heavy atom. The van der Waals surface area contributed by atoms with Gasteiger partial charge in [-0.05, 0) is 12.8 Å². The third-order valence-electron chi connectivity index (χ3n) is 3.92. The van der Waals surface area contributed by atoms with Gasteiger partial charge in [-0.3, -0.25) is 4.79 Å². The molecule has 23 heavy (non-hydrogen) atoms. The number of unbranched alkanes of at least 4 members (excludes halogenated alkanes) is 5. The summed E-state index contributed by atoms with van der Waals surface area (Å²) in [5.74, 6) is -0.766. The molecule has 1 saturated heterocycles. The Balaban J connectivity index is 2.09. The van der Waals surface area contributed by atoms with E-state index < -0.39 is 43.3 Å². The molecule has 8 heteroatoms. The number of ether oxygens (including phenoxy) is 2. The van der Waals surface area contributed by atoms with Crippen molar-refractivity contribution in [3.63, 3.8) is 0 Å². The zero-order valence-corrected chi connectivity index (χ0v) is 13.2. The normalized spacial score (nSPS) is 31.2. The van der Waals surface area contributed by atoms with Gasteiger partial charge in [0.05, 0.1) is 6.61 Å². The van der Waals surface area contributed by atoms with E-state index in [0.29, 0.717) is 13.0 Å². The van der Waals surface area contributed by atoms with Crippen LogP contribution in [0.25, 0.3) is 0 Å². The number of aliphatic hydroxyl groups is 4. The first kappa shape index (κ1) is 20.3. The maximum atomic E-state index is 10.3. The zero-order valence-electron chi connectivity index (χ0n) is 13.2. The first-order valence-electron chi connectivity index (χ1n) is 8.11. The van der Waals surface area contributed by atoms with Crippen LogP contribution in [-0.2, 0) is 14.3 Å². The van der Waals surface area contributed by atoms with Gasteiger partial charge in [0.25, 0.3) is 0 Å². The van der Waals surface area contributed by atoms with Gasteiger partial charge in [0.2, 0.25) is 0 Å². The van der Waals surface area contributed by atoms with Gasteiger partial charge in [0.1, 0.15) is 24.4 Å². The second-order valence-corrected chi connectivity index (χ2v) is 5.83. The zero-order chi connectivity index (χ0) is 17.2. The molecule has 0 radical (unpaired) electrons. The minimum absolute atomic E-state index is 0.209. The highest BCUT2D eigenvalue weighted by atomic mass is 16.7. The molecule has 0 spiro atoms. The van der Waals surface area contributed by atoms with Crippen molar-refractivity contribution in [1.82, 2.24) is 0 Å². The van der Waals surface area contributed by atoms with Gasteiger partial charge in [-0.25, -0.2) is 0 Å². The van der Waals surface area contributed by atoms with Crippen molar-refractivity contribution in [2.75, 3.05) is 13.2 Å². The molecule has 0 unspecified atom stereocenters. The number of aliphatic hydroxyl groups excluding tert-OH is 4. The molecule has 5 N–H and O–H groups in total. The van der Waals surface area contributed by atoms with Crippen LogP contribution < -0.4 is 0 Å². The van der Waals surface area contributed by atoms with Crippen LogP contribution in [0.5, 0.6) is 0 Å². The van der Waals surface area contributed by atoms with Crippen molar-refractivity contribution in [2.24, 2.45) is 0 Å². The maximum absolute atomic E-state index is 10.3. The molecule has 8 nitrogen and oxygen atoms in total. The summed E-state index contributed by atoms with van der Waals surface area (Å²) in [6.07, 6.45) is -0.793. The molecule has 0 aromatic carbocycles. The lowest BCUT2D eigenvalue weighted by Gasteiger charge is -2.39. The molecule has 1 rings (SSSR count). The van der Waals surface area contributed by atoms with Crippen molar-refractivity contribution in [3.8, 4) is 0 Å². The van der Waals surface area contributed by atoms with E-state index in [1.54, 1.807) is 0 Å². The lowest BCUT2D eigenvalue weighted by atomic mass is 9.99. The summed E-state index contributed by atoms with van der Waals surface area (Å²) in [6, 6.07) is 0. The molecule has 1 fully saturated rings. The van der Waals surface area contributed by atoms with Crippen LogP contribution in [-0.4, -0.2) is 75.4 Å². The number of hydrogen-bond donors (Lipinski definition) is 5. The highest BCUT2D eigenvalue weighted by Gasteiger charge is 2.43. The van der Waals surface area contributed by atoms with Crippen LogP contribution in [0.15, 0.2) is 0 Å². The number of carbonyl (C=O) groups is 1. The smallest absolute Gasteiger partial charge is 0.303 e. The fourth-order valence-electron chi connectivity index (χ4n) is 2.49. The number of rotatable bonds is 11. The molecule has 0 aromatic heterocycles. The van der Waals surface area contributed by atoms with E-state index in [1.807, 2.05) is 0 Å². The molecule has 1 heterocycles. The summed E-state index contributed by atoms with van der Waals surface area (Å²) in [5, 5.41) is 46.6. The van der Waals surface area contributed by atoms with E-state index in [2.05, 4.69) is 0 Å². The van der Waals surface area contributed by atoms with Crippen LogP contribution in [0.1, 0.15) is 44.9 Å². The van der Waals surface area contributed by atoms with Crippen molar-refractivity contribution in [2.45, 2.75) is 75.7 Å². The predicted molar refractivity (Wildman–Crippen MR) is 79.7 cm³/mol. The quantitative estimate of drug-likeness (QED) is 0.322. The maximum Gasteiger partial charge on any atom is 0.303 e. The van der Waals surface area contributed by atoms with Crippen molar-refractivity contribution >= 4 is 5.97 Å². The van der Waals surface area contributed by atoms with E-state index >= 15 is 0 Å². The Hall–Kier alpha value is -0.770. The fourth-order valence-corrected chi connectivity index (χ4v) is 2.49. The van der Waals surface area contributed by atoms with Gasteiger partial charge in [0, 0.05) is 13.0 Å². The van der Waals surface area contributed by atoms with Gasteiger partial charge in [0.15, 0.2) is 6.29 Å². The highest BCUT2D eigenvalue weighted by molar-refractivity contribution is 5.66. The first-order valence-corrected chi connectivity index (χ1v) is 8.11. The van der Waals surface area contributed by atoms with Crippen molar-refractivity contribution < 1.29 is 39.8 Å². The summed E-state index contributed by atoms with van der Waals surface area (Å²) in [4.78, 5) is 10.3. The SMILES string of the molecule is O=C(O)CCCCCCCCO[C@@H]1O[C@H](CO)[C@@H](O)[C@H](O)[C@H]1O. The Morgan fingerprint density at radius 3 is 2.13 bits per heavy atom. The summed E-state index contributed by atoms with van der Waals surface area (Å²) in [7, 11) is 0. The van der Waals surface area contributed by atoms with E-state index in [-0.39, 0.29) is 6.42 Å². The van der Waals surface area contributed by atoms with E-state index in [4.69, 9.17) is 19.7 Å². The first-order chi connectivity index (χ1) is 11.0. The van der Waals surface area contributed by atoms with Crippen LogP contribution >= 0.6 is 0 Å². The molecule has 1 aliphatic heterocycles. The topological polar surface area (TPSA) is 137 Å². The molecular formula is C15H28O8. The highest BCUT2D eigenvalue weighted by Crippen LogP contribution is 2.22. The number of carboxylic acids is 1. The lowest BCUT2D eigenvalue weighted by molar-refractivity contribution is -0.301. The standard InChI is InChI=1S/C15H28O8/c16-9-10-12(19)13(20)14(21)15(23-10)22-8-6-4-2-1-3-5-7-11(17)18/h10,12-16,19-21H,1-9H2,(H,17,18)/t10-,12-,13+,14-,15-/m1/s1. The van der Waals surface area contributed by atoms with Crippen LogP contribution in [0.4, 0.5) is 0 Å². The molecule has 1 aliphatic rings. The third-order valence-corrected chi connectivity index (χ3v) is 3.92. The summed E-state index contributed by atoms with van der Waals surface area (Å²) < 4.78 is 10.6. The minimum Gasteiger partial charge on any atom is -0.481 e. The van der Waals surface area contributed by atoms with Crippen LogP contribution in [0, 0.1) is 0 Å². The van der Waals surface area contributed by atoms with E-state index in [0.717, 1.165) is 32.1 Å². The lowest BCUT2D eigenvalue weighted by Crippen LogP contribution is -2.59. The average molecular weight is 336 g/mol. The number of hydrogen-bond acceptors (Lipinski definition) is 7. The van der Waals surface area contributed by atoms with Crippen molar-refractivity contribution in [1.29, 1.82) is 0 Å². The Bertz CT molecular complexity index is 335. The molecule has 0 aromatic rings. The number of carboxylic acid groups (broad SMARTS) is 1. The summed E-state index contributed by atoms with van der Waals surface area (Å²) in [6.45, 7) is -0.140. The average Bonchev–Trinajstić information content (AvgIpc) is 2.52. The molecule has 136 valence electrons. The molecule has 5 atom stereocenters. The van der Waals surface area contributed by atoms with Gasteiger partial charge in [-0.15, -0.1) is 0 Å². The second kappa shape index (κ2) is 10.9. The van der Waals surface area contributed by atoms with Crippen LogP contribution in [0.3, 0.4) is 0 Å². The van der Waals surface area contributed by atoms with Gasteiger partial charge < -0.3 is 35.0 Å². The molecular weight excluding hydrogens is 308 g/mol. The Kier molecular flexibility index (Phi) is 9.61. The summed E-state index contributed by atoms with van der Waals surface area (Å²) in [5.41, 5.74) is 0. The second-order valence-electron chi connectivity index (χ2n) is 5.83.